The van der Waals surface area contributed by atoms with Gasteiger partial charge in [0.1, 0.15) is 0 Å². The van der Waals surface area contributed by atoms with Crippen LogP contribution in [0.3, 0.4) is 0 Å². The van der Waals surface area contributed by atoms with Crippen LogP contribution in [-0.4, -0.2) is 33.3 Å². The van der Waals surface area contributed by atoms with Crippen LogP contribution in [0.1, 0.15) is 10.4 Å². The molecule has 9 heteroatoms. The Kier molecular flexibility index (Phi) is 4.49. The number of esters is 1. The largest absolute Gasteiger partial charge is 0.467 e. The molecule has 0 spiro atoms. The van der Waals surface area contributed by atoms with Crippen LogP contribution in [0.25, 0.3) is 0 Å². The Morgan fingerprint density at radius 1 is 1.16 bits per heavy atom. The van der Waals surface area contributed by atoms with E-state index in [1.165, 1.54) is 42.5 Å². The molecule has 0 bridgehead atoms. The molecular formula is C16H11Cl2NO5S. The van der Waals surface area contributed by atoms with Crippen molar-refractivity contribution in [3.05, 3.63) is 58.1 Å². The van der Waals surface area contributed by atoms with Gasteiger partial charge in [0, 0.05) is 10.6 Å². The van der Waals surface area contributed by atoms with Gasteiger partial charge in [-0.25, -0.2) is 17.5 Å². The first-order valence-corrected chi connectivity index (χ1v) is 9.19. The lowest BCUT2D eigenvalue weighted by molar-refractivity contribution is -0.140. The molecule has 1 aliphatic heterocycles. The molecule has 2 aromatic carbocycles. The molecule has 0 N–H and O–H groups in total. The van der Waals surface area contributed by atoms with Gasteiger partial charge in [-0.05, 0) is 30.3 Å². The summed E-state index contributed by atoms with van der Waals surface area (Å²) in [5, 5.41) is 0.265. The minimum Gasteiger partial charge on any atom is -0.467 e. The Balaban J connectivity index is 2.33. The average molecular weight is 400 g/mol. The van der Waals surface area contributed by atoms with Gasteiger partial charge >= 0.3 is 5.97 Å². The number of sulfonamides is 1. The van der Waals surface area contributed by atoms with E-state index in [4.69, 9.17) is 23.2 Å². The number of rotatable bonds is 2. The molecule has 25 heavy (non-hydrogen) atoms. The summed E-state index contributed by atoms with van der Waals surface area (Å²) in [6.45, 7) is 0. The van der Waals surface area contributed by atoms with Gasteiger partial charge in [0.15, 0.2) is 5.78 Å². The average Bonchev–Trinajstić information content (AvgIpc) is 2.58. The molecule has 0 aliphatic carbocycles. The second kappa shape index (κ2) is 6.33. The first-order chi connectivity index (χ1) is 11.8. The molecule has 0 amide bonds. The highest BCUT2D eigenvalue weighted by molar-refractivity contribution is 7.93. The number of ether oxygens (including phenoxy) is 1. The third-order valence-corrected chi connectivity index (χ3v) is 6.12. The van der Waals surface area contributed by atoms with Gasteiger partial charge in [-0.1, -0.05) is 35.3 Å². The van der Waals surface area contributed by atoms with Crippen molar-refractivity contribution in [1.29, 1.82) is 0 Å². The van der Waals surface area contributed by atoms with Gasteiger partial charge in [-0.3, -0.25) is 4.79 Å². The highest BCUT2D eigenvalue weighted by atomic mass is 35.5. The molecule has 1 atom stereocenters. The van der Waals surface area contributed by atoms with Gasteiger partial charge in [-0.15, -0.1) is 0 Å². The summed E-state index contributed by atoms with van der Waals surface area (Å²) in [5.41, 5.74) is -0.108. The number of benzene rings is 2. The molecule has 0 radical (unpaired) electrons. The predicted molar refractivity (Wildman–Crippen MR) is 92.7 cm³/mol. The number of carbonyl (C=O) groups is 2. The van der Waals surface area contributed by atoms with Crippen molar-refractivity contribution in [2.45, 2.75) is 10.9 Å². The van der Waals surface area contributed by atoms with Gasteiger partial charge < -0.3 is 4.74 Å². The number of halogens is 2. The Bertz CT molecular complexity index is 990. The van der Waals surface area contributed by atoms with Crippen LogP contribution in [-0.2, 0) is 19.6 Å². The van der Waals surface area contributed by atoms with E-state index < -0.39 is 27.8 Å². The smallest absolute Gasteiger partial charge is 0.337 e. The fourth-order valence-electron chi connectivity index (χ4n) is 2.64. The summed E-state index contributed by atoms with van der Waals surface area (Å²) in [6.07, 6.45) is 0. The standard InChI is InChI=1S/C16H11Cl2NO5S/c1-24-16(21)14-15(20)10-4-2-3-5-13(10)25(22,23)19(14)12-7-6-9(17)8-11(12)18/h2-8,14H,1H3. The monoisotopic (exact) mass is 399 g/mol. The summed E-state index contributed by atoms with van der Waals surface area (Å²) < 4.78 is 31.5. The molecule has 3 rings (SSSR count). The van der Waals surface area contributed by atoms with E-state index >= 15 is 0 Å². The highest BCUT2D eigenvalue weighted by Crippen LogP contribution is 2.39. The molecule has 0 saturated carbocycles. The van der Waals surface area contributed by atoms with Gasteiger partial charge in [-0.2, -0.15) is 0 Å². The Morgan fingerprint density at radius 2 is 1.84 bits per heavy atom. The molecule has 0 fully saturated rings. The fraction of sp³-hybridized carbons (Fsp3) is 0.125. The maximum absolute atomic E-state index is 13.1. The zero-order valence-corrected chi connectivity index (χ0v) is 15.1. The minimum absolute atomic E-state index is 0.0165. The Hall–Kier alpha value is -2.09. The molecule has 6 nitrogen and oxygen atoms in total. The molecule has 0 aromatic heterocycles. The molecule has 1 unspecified atom stereocenters. The quantitative estimate of drug-likeness (QED) is 0.572. The first-order valence-electron chi connectivity index (χ1n) is 6.99. The van der Waals surface area contributed by atoms with Crippen molar-refractivity contribution < 1.29 is 22.7 Å². The van der Waals surface area contributed by atoms with Crippen molar-refractivity contribution in [2.24, 2.45) is 0 Å². The number of fused-ring (bicyclic) bond motifs is 1. The van der Waals surface area contributed by atoms with E-state index in [2.05, 4.69) is 4.74 Å². The topological polar surface area (TPSA) is 80.8 Å². The number of Topliss-reactive ketones (excluding diaryl/α,β-unsaturated/α-hetero) is 1. The minimum atomic E-state index is -4.22. The predicted octanol–water partition coefficient (Wildman–Crippen LogP) is 2.93. The third-order valence-electron chi connectivity index (χ3n) is 3.74. The van der Waals surface area contributed by atoms with Gasteiger partial charge in [0.2, 0.25) is 6.04 Å². The molecular weight excluding hydrogens is 389 g/mol. The fourth-order valence-corrected chi connectivity index (χ4v) is 4.97. The Labute approximate surface area is 154 Å². The van der Waals surface area contributed by atoms with Crippen LogP contribution in [0.15, 0.2) is 47.4 Å². The lowest BCUT2D eigenvalue weighted by Gasteiger charge is -2.35. The highest BCUT2D eigenvalue weighted by Gasteiger charge is 2.48. The zero-order chi connectivity index (χ0) is 18.4. The van der Waals surface area contributed by atoms with E-state index in [9.17, 15) is 18.0 Å². The first kappa shape index (κ1) is 17.7. The van der Waals surface area contributed by atoms with Crippen LogP contribution in [0.4, 0.5) is 5.69 Å². The number of hydrogen-bond acceptors (Lipinski definition) is 5. The van der Waals surface area contributed by atoms with Crippen LogP contribution < -0.4 is 4.31 Å². The maximum atomic E-state index is 13.1. The zero-order valence-electron chi connectivity index (χ0n) is 12.8. The molecule has 2 aromatic rings. The van der Waals surface area contributed by atoms with E-state index in [1.54, 1.807) is 0 Å². The lowest BCUT2D eigenvalue weighted by atomic mass is 10.0. The summed E-state index contributed by atoms with van der Waals surface area (Å²) in [4.78, 5) is 24.8. The van der Waals surface area contributed by atoms with Crippen molar-refractivity contribution in [3.63, 3.8) is 0 Å². The normalized spacial score (nSPS) is 18.6. The summed E-state index contributed by atoms with van der Waals surface area (Å²) in [6, 6.07) is 8.03. The summed E-state index contributed by atoms with van der Waals surface area (Å²) in [5.74, 6) is -1.70. The van der Waals surface area contributed by atoms with Crippen LogP contribution in [0, 0.1) is 0 Å². The van der Waals surface area contributed by atoms with Crippen molar-refractivity contribution in [1.82, 2.24) is 0 Å². The lowest BCUT2D eigenvalue weighted by Crippen LogP contribution is -2.54. The second-order valence-corrected chi connectivity index (χ2v) is 7.81. The molecule has 1 heterocycles. The van der Waals surface area contributed by atoms with E-state index in [0.29, 0.717) is 4.31 Å². The Morgan fingerprint density at radius 3 is 2.48 bits per heavy atom. The molecule has 0 saturated heterocycles. The number of carbonyl (C=O) groups excluding carboxylic acids is 2. The van der Waals surface area contributed by atoms with E-state index in [1.807, 2.05) is 0 Å². The van der Waals surface area contributed by atoms with Crippen molar-refractivity contribution in [3.8, 4) is 0 Å². The van der Waals surface area contributed by atoms with Crippen molar-refractivity contribution >= 4 is 50.7 Å². The van der Waals surface area contributed by atoms with E-state index in [0.717, 1.165) is 7.11 Å². The number of ketones is 1. The van der Waals surface area contributed by atoms with Gasteiger partial charge in [0.05, 0.1) is 22.7 Å². The number of hydrogen-bond donors (Lipinski definition) is 0. The third kappa shape index (κ3) is 2.78. The van der Waals surface area contributed by atoms with Crippen LogP contribution in [0.2, 0.25) is 10.0 Å². The maximum Gasteiger partial charge on any atom is 0.337 e. The number of nitrogens with zero attached hydrogens (tertiary/aromatic N) is 1. The number of anilines is 1. The van der Waals surface area contributed by atoms with Crippen LogP contribution >= 0.6 is 23.2 Å². The summed E-state index contributed by atoms with van der Waals surface area (Å²) in [7, 11) is -3.15. The number of methoxy groups -OCH3 is 1. The van der Waals surface area contributed by atoms with Crippen molar-refractivity contribution in [2.75, 3.05) is 11.4 Å². The van der Waals surface area contributed by atoms with Gasteiger partial charge in [0.25, 0.3) is 10.0 Å². The molecule has 130 valence electrons. The van der Waals surface area contributed by atoms with E-state index in [-0.39, 0.29) is 26.2 Å². The molecule has 1 aliphatic rings. The summed E-state index contributed by atoms with van der Waals surface area (Å²) >= 11 is 12.0. The van der Waals surface area contributed by atoms with Crippen LogP contribution in [0.5, 0.6) is 0 Å². The second-order valence-electron chi connectivity index (χ2n) is 5.18. The SMILES string of the molecule is COC(=O)C1C(=O)c2ccccc2S(=O)(=O)N1c1ccc(Cl)cc1Cl.